The van der Waals surface area contributed by atoms with Crippen LogP contribution in [0.5, 0.6) is 0 Å². The number of carbonyl (C=O) groups excluding carboxylic acids is 1. The highest BCUT2D eigenvalue weighted by Crippen LogP contribution is 2.26. The van der Waals surface area contributed by atoms with E-state index >= 15 is 0 Å². The zero-order valence-electron chi connectivity index (χ0n) is 15.9. The molecule has 1 fully saturated rings. The third-order valence-electron chi connectivity index (χ3n) is 5.06. The van der Waals surface area contributed by atoms with Crippen molar-refractivity contribution in [2.45, 2.75) is 63.7 Å². The predicted octanol–water partition coefficient (Wildman–Crippen LogP) is 4.80. The number of carbonyl (C=O) groups is 1. The maximum atomic E-state index is 12.4. The Bertz CT molecular complexity index is 762. The Kier molecular flexibility index (Phi) is 7.19. The van der Waals surface area contributed by atoms with E-state index in [1.54, 1.807) is 0 Å². The number of thioether (sulfide) groups is 1. The van der Waals surface area contributed by atoms with Crippen molar-refractivity contribution in [2.75, 3.05) is 5.75 Å². The van der Waals surface area contributed by atoms with Gasteiger partial charge in [0.1, 0.15) is 0 Å². The van der Waals surface area contributed by atoms with Crippen molar-refractivity contribution in [1.82, 2.24) is 20.1 Å². The van der Waals surface area contributed by atoms with Gasteiger partial charge in [0, 0.05) is 23.2 Å². The Labute approximate surface area is 170 Å². The fourth-order valence-corrected chi connectivity index (χ4v) is 4.44. The van der Waals surface area contributed by atoms with Gasteiger partial charge in [0.2, 0.25) is 5.91 Å². The first-order chi connectivity index (χ1) is 13.1. The van der Waals surface area contributed by atoms with E-state index in [2.05, 4.69) is 33.9 Å². The van der Waals surface area contributed by atoms with Crippen LogP contribution in [-0.4, -0.2) is 32.5 Å². The molecule has 1 aromatic carbocycles. The Hall–Kier alpha value is -1.53. The minimum atomic E-state index is 0.0813. The monoisotopic (exact) mass is 406 g/mol. The molecule has 1 aromatic heterocycles. The van der Waals surface area contributed by atoms with E-state index in [0.717, 1.165) is 35.9 Å². The van der Waals surface area contributed by atoms with Crippen LogP contribution >= 0.6 is 23.4 Å². The molecule has 1 N–H and O–H groups in total. The Morgan fingerprint density at radius 2 is 2.00 bits per heavy atom. The van der Waals surface area contributed by atoms with Crippen LogP contribution in [0.1, 0.15) is 46.0 Å². The molecule has 0 aliphatic heterocycles. The van der Waals surface area contributed by atoms with Crippen molar-refractivity contribution in [2.24, 2.45) is 5.92 Å². The maximum absolute atomic E-state index is 12.4. The molecule has 3 rings (SSSR count). The fraction of sp³-hybridized carbons (Fsp3) is 0.550. The van der Waals surface area contributed by atoms with Gasteiger partial charge in [-0.1, -0.05) is 50.1 Å². The van der Waals surface area contributed by atoms with E-state index in [-0.39, 0.29) is 5.91 Å². The van der Waals surface area contributed by atoms with Gasteiger partial charge in [-0.3, -0.25) is 4.79 Å². The summed E-state index contributed by atoms with van der Waals surface area (Å²) in [6.45, 7) is 5.17. The Balaban J connectivity index is 1.65. The van der Waals surface area contributed by atoms with Crippen molar-refractivity contribution >= 4 is 29.3 Å². The highest BCUT2D eigenvalue weighted by Gasteiger charge is 2.23. The van der Waals surface area contributed by atoms with Crippen LogP contribution in [0, 0.1) is 5.92 Å². The maximum Gasteiger partial charge on any atom is 0.230 e. The van der Waals surface area contributed by atoms with Crippen molar-refractivity contribution < 1.29 is 4.79 Å². The fourth-order valence-electron chi connectivity index (χ4n) is 3.54. The largest absolute Gasteiger partial charge is 0.352 e. The molecule has 0 unspecified atom stereocenters. The minimum absolute atomic E-state index is 0.0813. The summed E-state index contributed by atoms with van der Waals surface area (Å²) in [5, 5.41) is 13.4. The van der Waals surface area contributed by atoms with Crippen molar-refractivity contribution in [1.29, 1.82) is 0 Å². The van der Waals surface area contributed by atoms with Gasteiger partial charge in [-0.25, -0.2) is 0 Å². The molecule has 1 amide bonds. The molecule has 1 aliphatic carbocycles. The molecule has 146 valence electrons. The van der Waals surface area contributed by atoms with Gasteiger partial charge < -0.3 is 9.88 Å². The summed E-state index contributed by atoms with van der Waals surface area (Å²) < 4.78 is 2.09. The second kappa shape index (κ2) is 9.60. The standard InChI is InChI=1S/C20H27ClN4OS/c1-3-12-25-19(15-8-10-16(21)11-9-15)23-24-20(25)27-13-18(26)22-17-7-5-4-6-14(17)2/h8-11,14,17H,3-7,12-13H2,1-2H3,(H,22,26)/t14-,17+/m1/s1. The lowest BCUT2D eigenvalue weighted by atomic mass is 9.86. The average molecular weight is 407 g/mol. The quantitative estimate of drug-likeness (QED) is 0.671. The zero-order valence-corrected chi connectivity index (χ0v) is 17.5. The lowest BCUT2D eigenvalue weighted by molar-refractivity contribution is -0.119. The first kappa shape index (κ1) is 20.2. The SMILES string of the molecule is CCCn1c(SCC(=O)N[C@H]2CCCC[C@H]2C)nnc1-c1ccc(Cl)cc1. The highest BCUT2D eigenvalue weighted by molar-refractivity contribution is 7.99. The van der Waals surface area contributed by atoms with Crippen LogP contribution in [0.25, 0.3) is 11.4 Å². The smallest absolute Gasteiger partial charge is 0.230 e. The number of hydrogen-bond donors (Lipinski definition) is 1. The molecule has 0 spiro atoms. The van der Waals surface area contributed by atoms with Crippen LogP contribution in [0.15, 0.2) is 29.4 Å². The van der Waals surface area contributed by atoms with E-state index in [1.807, 2.05) is 24.3 Å². The van der Waals surface area contributed by atoms with Crippen LogP contribution in [0.3, 0.4) is 0 Å². The third-order valence-corrected chi connectivity index (χ3v) is 6.28. The van der Waals surface area contributed by atoms with Gasteiger partial charge in [0.05, 0.1) is 5.75 Å². The van der Waals surface area contributed by atoms with E-state index in [9.17, 15) is 4.79 Å². The number of amides is 1. The predicted molar refractivity (Wildman–Crippen MR) is 111 cm³/mol. The molecule has 27 heavy (non-hydrogen) atoms. The molecule has 1 heterocycles. The van der Waals surface area contributed by atoms with Gasteiger partial charge in [-0.15, -0.1) is 10.2 Å². The van der Waals surface area contributed by atoms with E-state index in [0.29, 0.717) is 22.7 Å². The van der Waals surface area contributed by atoms with Crippen LogP contribution < -0.4 is 5.32 Å². The van der Waals surface area contributed by atoms with E-state index < -0.39 is 0 Å². The second-order valence-corrected chi connectivity index (χ2v) is 8.57. The molecular weight excluding hydrogens is 380 g/mol. The number of nitrogens with zero attached hydrogens (tertiary/aromatic N) is 3. The summed E-state index contributed by atoms with van der Waals surface area (Å²) in [7, 11) is 0. The first-order valence-electron chi connectivity index (χ1n) is 9.69. The Morgan fingerprint density at radius 1 is 1.26 bits per heavy atom. The number of nitrogens with one attached hydrogen (secondary N) is 1. The number of rotatable bonds is 7. The lowest BCUT2D eigenvalue weighted by Gasteiger charge is -2.29. The van der Waals surface area contributed by atoms with Gasteiger partial charge in [-0.2, -0.15) is 0 Å². The number of benzene rings is 1. The van der Waals surface area contributed by atoms with Crippen LogP contribution in [-0.2, 0) is 11.3 Å². The van der Waals surface area contributed by atoms with E-state index in [4.69, 9.17) is 11.6 Å². The Morgan fingerprint density at radius 3 is 2.70 bits per heavy atom. The molecule has 2 aromatic rings. The summed E-state index contributed by atoms with van der Waals surface area (Å²) in [5.74, 6) is 1.83. The van der Waals surface area contributed by atoms with Crippen molar-refractivity contribution in [3.05, 3.63) is 29.3 Å². The molecular formula is C20H27ClN4OS. The van der Waals surface area contributed by atoms with Gasteiger partial charge in [0.25, 0.3) is 0 Å². The molecule has 0 saturated heterocycles. The molecule has 7 heteroatoms. The normalized spacial score (nSPS) is 19.8. The molecule has 5 nitrogen and oxygen atoms in total. The van der Waals surface area contributed by atoms with Crippen molar-refractivity contribution in [3.8, 4) is 11.4 Å². The molecule has 0 radical (unpaired) electrons. The number of hydrogen-bond acceptors (Lipinski definition) is 4. The first-order valence-corrected chi connectivity index (χ1v) is 11.1. The molecule has 1 saturated carbocycles. The lowest BCUT2D eigenvalue weighted by Crippen LogP contribution is -2.41. The topological polar surface area (TPSA) is 59.8 Å². The number of halogens is 1. The summed E-state index contributed by atoms with van der Waals surface area (Å²) >= 11 is 7.44. The summed E-state index contributed by atoms with van der Waals surface area (Å²) in [4.78, 5) is 12.4. The van der Waals surface area contributed by atoms with Crippen LogP contribution in [0.4, 0.5) is 0 Å². The van der Waals surface area contributed by atoms with Crippen molar-refractivity contribution in [3.63, 3.8) is 0 Å². The van der Waals surface area contributed by atoms with Gasteiger partial charge >= 0.3 is 0 Å². The minimum Gasteiger partial charge on any atom is -0.352 e. The number of aromatic nitrogens is 3. The van der Waals surface area contributed by atoms with Crippen LogP contribution in [0.2, 0.25) is 5.02 Å². The summed E-state index contributed by atoms with van der Waals surface area (Å²) in [6.07, 6.45) is 5.74. The third kappa shape index (κ3) is 5.26. The molecule has 0 bridgehead atoms. The second-order valence-electron chi connectivity index (χ2n) is 7.19. The van der Waals surface area contributed by atoms with E-state index in [1.165, 1.54) is 31.0 Å². The van der Waals surface area contributed by atoms with Gasteiger partial charge in [-0.05, 0) is 49.4 Å². The molecule has 2 atom stereocenters. The zero-order chi connectivity index (χ0) is 19.2. The highest BCUT2D eigenvalue weighted by atomic mass is 35.5. The average Bonchev–Trinajstić information content (AvgIpc) is 3.06. The summed E-state index contributed by atoms with van der Waals surface area (Å²) in [5.41, 5.74) is 0.979. The van der Waals surface area contributed by atoms with Gasteiger partial charge in [0.15, 0.2) is 11.0 Å². The molecule has 1 aliphatic rings. The summed E-state index contributed by atoms with van der Waals surface area (Å²) in [6, 6.07) is 7.92.